The summed E-state index contributed by atoms with van der Waals surface area (Å²) in [6.45, 7) is 3.66. The number of carbonyl (C=O) groups is 2. The van der Waals surface area contributed by atoms with Gasteiger partial charge in [0.25, 0.3) is 5.91 Å². The number of fused-ring (bicyclic) bond motifs is 1. The summed E-state index contributed by atoms with van der Waals surface area (Å²) >= 11 is 0. The number of rotatable bonds is 4. The molecule has 7 heteroatoms. The number of benzene rings is 2. The molecule has 0 radical (unpaired) electrons. The van der Waals surface area contributed by atoms with E-state index in [1.807, 2.05) is 25.1 Å². The molecule has 2 aromatic carbocycles. The zero-order chi connectivity index (χ0) is 21.3. The van der Waals surface area contributed by atoms with Crippen molar-refractivity contribution < 1.29 is 18.7 Å². The van der Waals surface area contributed by atoms with E-state index in [1.54, 1.807) is 12.3 Å². The first-order chi connectivity index (χ1) is 14.5. The highest BCUT2D eigenvalue weighted by molar-refractivity contribution is 6.31. The van der Waals surface area contributed by atoms with Crippen LogP contribution < -0.4 is 15.5 Å². The number of methoxy groups -OCH3 is 1. The molecule has 0 aromatic heterocycles. The van der Waals surface area contributed by atoms with Gasteiger partial charge in [-0.15, -0.1) is 0 Å². The van der Waals surface area contributed by atoms with Crippen LogP contribution in [0.25, 0.3) is 5.57 Å². The number of amides is 1. The van der Waals surface area contributed by atoms with Gasteiger partial charge in [0.1, 0.15) is 5.82 Å². The second kappa shape index (κ2) is 8.18. The van der Waals surface area contributed by atoms with Gasteiger partial charge in [-0.05, 0) is 61.7 Å². The molecule has 2 aliphatic rings. The summed E-state index contributed by atoms with van der Waals surface area (Å²) in [5.74, 6) is -0.790. The van der Waals surface area contributed by atoms with Gasteiger partial charge in [0.15, 0.2) is 0 Å². The molecule has 30 heavy (non-hydrogen) atoms. The summed E-state index contributed by atoms with van der Waals surface area (Å²) in [5.41, 5.74) is 4.73. The van der Waals surface area contributed by atoms with Crippen LogP contribution in [-0.4, -0.2) is 32.1 Å². The van der Waals surface area contributed by atoms with Crippen molar-refractivity contribution in [3.63, 3.8) is 0 Å². The normalized spacial score (nSPS) is 17.6. The third-order valence-corrected chi connectivity index (χ3v) is 5.71. The largest absolute Gasteiger partial charge is 0.469 e. The van der Waals surface area contributed by atoms with Crippen molar-refractivity contribution >= 4 is 34.5 Å². The molecule has 156 valence electrons. The predicted octanol–water partition coefficient (Wildman–Crippen LogP) is 3.93. The lowest BCUT2D eigenvalue weighted by atomic mass is 9.96. The molecule has 0 bridgehead atoms. The van der Waals surface area contributed by atoms with Crippen LogP contribution in [0, 0.1) is 18.7 Å². The van der Waals surface area contributed by atoms with Gasteiger partial charge in [0, 0.05) is 36.2 Å². The van der Waals surface area contributed by atoms with E-state index in [2.05, 4.69) is 15.5 Å². The lowest BCUT2D eigenvalue weighted by Crippen LogP contribution is -2.37. The zero-order valence-electron chi connectivity index (χ0n) is 17.0. The number of esters is 1. The first kappa shape index (κ1) is 19.9. The third-order valence-electron chi connectivity index (χ3n) is 5.71. The van der Waals surface area contributed by atoms with E-state index in [9.17, 15) is 14.0 Å². The Morgan fingerprint density at radius 2 is 2.00 bits per heavy atom. The third kappa shape index (κ3) is 3.87. The summed E-state index contributed by atoms with van der Waals surface area (Å²) in [7, 11) is 1.44. The van der Waals surface area contributed by atoms with E-state index in [-0.39, 0.29) is 23.6 Å². The Morgan fingerprint density at radius 1 is 1.23 bits per heavy atom. The zero-order valence-corrected chi connectivity index (χ0v) is 17.0. The number of anilines is 3. The molecule has 4 rings (SSSR count). The van der Waals surface area contributed by atoms with Crippen molar-refractivity contribution in [2.45, 2.75) is 19.8 Å². The van der Waals surface area contributed by atoms with Gasteiger partial charge in [-0.3, -0.25) is 9.59 Å². The van der Waals surface area contributed by atoms with Crippen molar-refractivity contribution in [3.05, 3.63) is 59.5 Å². The molecular formula is C23H24FN3O3. The summed E-state index contributed by atoms with van der Waals surface area (Å²) < 4.78 is 18.2. The molecule has 2 heterocycles. The van der Waals surface area contributed by atoms with E-state index in [0.29, 0.717) is 16.8 Å². The van der Waals surface area contributed by atoms with E-state index in [0.717, 1.165) is 42.9 Å². The molecule has 1 amide bonds. The van der Waals surface area contributed by atoms with Gasteiger partial charge in [-0.25, -0.2) is 4.39 Å². The number of hydrogen-bond acceptors (Lipinski definition) is 5. The Bertz CT molecular complexity index is 1030. The number of aryl methyl sites for hydroxylation is 1. The van der Waals surface area contributed by atoms with Gasteiger partial charge < -0.3 is 20.3 Å². The second-order valence-corrected chi connectivity index (χ2v) is 7.63. The molecule has 6 nitrogen and oxygen atoms in total. The maximum absolute atomic E-state index is 13.4. The molecule has 1 saturated heterocycles. The highest BCUT2D eigenvalue weighted by atomic mass is 19.1. The van der Waals surface area contributed by atoms with Crippen LogP contribution in [0.4, 0.5) is 21.5 Å². The van der Waals surface area contributed by atoms with E-state index in [1.165, 1.54) is 19.2 Å². The van der Waals surface area contributed by atoms with Crippen LogP contribution in [0.1, 0.15) is 24.0 Å². The van der Waals surface area contributed by atoms with Gasteiger partial charge in [0.05, 0.1) is 24.3 Å². The Kier molecular flexibility index (Phi) is 5.44. The van der Waals surface area contributed by atoms with Gasteiger partial charge >= 0.3 is 5.97 Å². The van der Waals surface area contributed by atoms with Crippen LogP contribution in [0.15, 0.2) is 42.6 Å². The first-order valence-electron chi connectivity index (χ1n) is 9.97. The predicted molar refractivity (Wildman–Crippen MR) is 115 cm³/mol. The molecule has 2 aromatic rings. The number of halogens is 1. The van der Waals surface area contributed by atoms with Crippen LogP contribution in [-0.2, 0) is 14.3 Å². The van der Waals surface area contributed by atoms with Crippen molar-refractivity contribution in [1.82, 2.24) is 0 Å². The molecule has 2 aliphatic heterocycles. The van der Waals surface area contributed by atoms with Crippen LogP contribution >= 0.6 is 0 Å². The minimum Gasteiger partial charge on any atom is -0.469 e. The van der Waals surface area contributed by atoms with Gasteiger partial charge in [-0.2, -0.15) is 0 Å². The highest BCUT2D eigenvalue weighted by Crippen LogP contribution is 2.33. The molecule has 0 spiro atoms. The number of carbonyl (C=O) groups excluding carboxylic acids is 2. The summed E-state index contributed by atoms with van der Waals surface area (Å²) in [5, 5.41) is 5.85. The van der Waals surface area contributed by atoms with Crippen LogP contribution in [0.3, 0.4) is 0 Å². The van der Waals surface area contributed by atoms with Crippen molar-refractivity contribution in [2.24, 2.45) is 5.92 Å². The highest BCUT2D eigenvalue weighted by Gasteiger charge is 2.26. The average Bonchev–Trinajstić information content (AvgIpc) is 3.05. The maximum Gasteiger partial charge on any atom is 0.308 e. The fourth-order valence-corrected chi connectivity index (χ4v) is 4.09. The summed E-state index contributed by atoms with van der Waals surface area (Å²) in [6, 6.07) is 10.3. The van der Waals surface area contributed by atoms with E-state index < -0.39 is 0 Å². The topological polar surface area (TPSA) is 70.7 Å². The first-order valence-corrected chi connectivity index (χ1v) is 9.97. The lowest BCUT2D eigenvalue weighted by molar-refractivity contribution is -0.146. The van der Waals surface area contributed by atoms with E-state index in [4.69, 9.17) is 4.74 Å². The number of nitrogens with zero attached hydrogens (tertiary/aromatic N) is 1. The number of ether oxygens (including phenoxy) is 1. The Balaban J connectivity index is 1.45. The van der Waals surface area contributed by atoms with Crippen LogP contribution in [0.2, 0.25) is 0 Å². The SMILES string of the molecule is COC(=O)C1CCN(c2ccc(N/C=C3\C(=O)Nc4cc(F)ccc43)cc2C)CC1. The smallest absolute Gasteiger partial charge is 0.308 e. The molecule has 0 atom stereocenters. The number of nitrogens with one attached hydrogen (secondary N) is 2. The van der Waals surface area contributed by atoms with E-state index >= 15 is 0 Å². The molecule has 0 saturated carbocycles. The Hall–Kier alpha value is -3.35. The standard InChI is InChI=1S/C23H24FN3O3/c1-14-11-17(4-6-21(14)27-9-7-15(8-10-27)23(29)30-2)25-13-19-18-5-3-16(24)12-20(18)26-22(19)28/h3-6,11-13,15,25H,7-10H2,1-2H3,(H,26,28)/b19-13-. The fourth-order valence-electron chi connectivity index (χ4n) is 4.09. The molecule has 2 N–H and O–H groups in total. The quantitative estimate of drug-likeness (QED) is 0.592. The van der Waals surface area contributed by atoms with Gasteiger partial charge in [0.2, 0.25) is 0 Å². The minimum atomic E-state index is -0.384. The number of piperidine rings is 1. The summed E-state index contributed by atoms with van der Waals surface area (Å²) in [4.78, 5) is 26.2. The monoisotopic (exact) mass is 409 g/mol. The van der Waals surface area contributed by atoms with Crippen molar-refractivity contribution in [2.75, 3.05) is 35.7 Å². The fraction of sp³-hybridized carbons (Fsp3) is 0.304. The summed E-state index contributed by atoms with van der Waals surface area (Å²) in [6.07, 6.45) is 3.22. The molecular weight excluding hydrogens is 385 g/mol. The molecule has 0 unspecified atom stereocenters. The number of hydrogen-bond donors (Lipinski definition) is 2. The minimum absolute atomic E-state index is 0.0203. The second-order valence-electron chi connectivity index (χ2n) is 7.63. The Morgan fingerprint density at radius 3 is 2.70 bits per heavy atom. The lowest BCUT2D eigenvalue weighted by Gasteiger charge is -2.33. The van der Waals surface area contributed by atoms with Crippen molar-refractivity contribution in [3.8, 4) is 0 Å². The Labute approximate surface area is 174 Å². The average molecular weight is 409 g/mol. The van der Waals surface area contributed by atoms with Crippen LogP contribution in [0.5, 0.6) is 0 Å². The van der Waals surface area contributed by atoms with Gasteiger partial charge in [-0.1, -0.05) is 0 Å². The maximum atomic E-state index is 13.4. The molecule has 0 aliphatic carbocycles. The van der Waals surface area contributed by atoms with Crippen molar-refractivity contribution in [1.29, 1.82) is 0 Å². The molecule has 1 fully saturated rings.